The zero-order chi connectivity index (χ0) is 11.1. The van der Waals surface area contributed by atoms with Crippen LogP contribution in [0.3, 0.4) is 0 Å². The number of benzene rings is 1. The van der Waals surface area contributed by atoms with Crippen molar-refractivity contribution in [2.45, 2.75) is 26.3 Å². The van der Waals surface area contributed by atoms with Crippen molar-refractivity contribution in [1.29, 1.82) is 0 Å². The van der Waals surface area contributed by atoms with E-state index >= 15 is 0 Å². The summed E-state index contributed by atoms with van der Waals surface area (Å²) in [6, 6.07) is 8.75. The third-order valence-electron chi connectivity index (χ3n) is 2.23. The molecule has 1 N–H and O–H groups in total. The molecule has 0 heterocycles. The van der Waals surface area contributed by atoms with Crippen molar-refractivity contribution in [2.24, 2.45) is 0 Å². The number of halogens is 1. The molecule has 2 heteroatoms. The lowest BCUT2D eigenvalue weighted by atomic mass is 10.1. The Kier molecular flexibility index (Phi) is 5.45. The third kappa shape index (κ3) is 4.51. The SMILES string of the molecule is CC#CCCN[C@H](C)c1cccc(Br)c1. The van der Waals surface area contributed by atoms with E-state index in [9.17, 15) is 0 Å². The van der Waals surface area contributed by atoms with E-state index in [1.165, 1.54) is 5.56 Å². The molecular weight excluding hydrogens is 250 g/mol. The van der Waals surface area contributed by atoms with Crippen molar-refractivity contribution in [3.8, 4) is 11.8 Å². The maximum atomic E-state index is 3.47. The average Bonchev–Trinajstić information content (AvgIpc) is 2.24. The molecule has 0 radical (unpaired) electrons. The van der Waals surface area contributed by atoms with Crippen LogP contribution >= 0.6 is 15.9 Å². The molecule has 0 aliphatic carbocycles. The van der Waals surface area contributed by atoms with Crippen LogP contribution in [0, 0.1) is 11.8 Å². The molecule has 1 atom stereocenters. The molecule has 0 saturated carbocycles. The molecular formula is C13H16BrN. The standard InChI is InChI=1S/C13H16BrN/c1-3-4-5-9-15-11(2)12-7-6-8-13(14)10-12/h6-8,10-11,15H,5,9H2,1-2H3/t11-/m1/s1. The minimum atomic E-state index is 0.376. The quantitative estimate of drug-likeness (QED) is 0.649. The van der Waals surface area contributed by atoms with Crippen LogP contribution < -0.4 is 5.32 Å². The van der Waals surface area contributed by atoms with E-state index in [1.807, 2.05) is 13.0 Å². The molecule has 0 saturated heterocycles. The Hall–Kier alpha value is -0.780. The van der Waals surface area contributed by atoms with Gasteiger partial charge in [0.2, 0.25) is 0 Å². The molecule has 0 unspecified atom stereocenters. The normalized spacial score (nSPS) is 11.7. The number of rotatable bonds is 4. The maximum Gasteiger partial charge on any atom is 0.0292 e. The van der Waals surface area contributed by atoms with E-state index in [2.05, 4.69) is 58.2 Å². The predicted octanol–water partition coefficient (Wildman–Crippen LogP) is 3.51. The van der Waals surface area contributed by atoms with Gasteiger partial charge in [0.05, 0.1) is 0 Å². The monoisotopic (exact) mass is 265 g/mol. The first-order chi connectivity index (χ1) is 7.24. The lowest BCUT2D eigenvalue weighted by Gasteiger charge is -2.13. The Balaban J connectivity index is 2.45. The lowest BCUT2D eigenvalue weighted by Crippen LogP contribution is -2.19. The summed E-state index contributed by atoms with van der Waals surface area (Å²) in [5.41, 5.74) is 1.30. The van der Waals surface area contributed by atoms with Crippen molar-refractivity contribution < 1.29 is 0 Å². The fourth-order valence-electron chi connectivity index (χ4n) is 1.37. The van der Waals surface area contributed by atoms with Crippen LogP contribution in [0.1, 0.15) is 31.9 Å². The molecule has 0 aliphatic rings. The summed E-state index contributed by atoms with van der Waals surface area (Å²) in [4.78, 5) is 0. The van der Waals surface area contributed by atoms with E-state index in [-0.39, 0.29) is 0 Å². The molecule has 1 aromatic rings. The number of hydrogen-bond donors (Lipinski definition) is 1. The van der Waals surface area contributed by atoms with Gasteiger partial charge in [-0.1, -0.05) is 28.1 Å². The summed E-state index contributed by atoms with van der Waals surface area (Å²) in [6.07, 6.45) is 0.912. The van der Waals surface area contributed by atoms with Gasteiger partial charge in [-0.3, -0.25) is 0 Å². The van der Waals surface area contributed by atoms with Crippen LogP contribution in [-0.2, 0) is 0 Å². The Morgan fingerprint density at radius 1 is 1.47 bits per heavy atom. The van der Waals surface area contributed by atoms with Crippen LogP contribution in [-0.4, -0.2) is 6.54 Å². The van der Waals surface area contributed by atoms with Crippen LogP contribution in [0.15, 0.2) is 28.7 Å². The van der Waals surface area contributed by atoms with Crippen LogP contribution in [0.25, 0.3) is 0 Å². The van der Waals surface area contributed by atoms with Crippen LogP contribution in [0.2, 0.25) is 0 Å². The third-order valence-corrected chi connectivity index (χ3v) is 2.72. The molecule has 1 nitrogen and oxygen atoms in total. The van der Waals surface area contributed by atoms with Gasteiger partial charge in [-0.15, -0.1) is 11.8 Å². The Morgan fingerprint density at radius 2 is 2.27 bits per heavy atom. The first kappa shape index (κ1) is 12.3. The largest absolute Gasteiger partial charge is 0.309 e. The summed E-state index contributed by atoms with van der Waals surface area (Å²) in [5, 5.41) is 3.44. The van der Waals surface area contributed by atoms with Crippen molar-refractivity contribution >= 4 is 15.9 Å². The van der Waals surface area contributed by atoms with Crippen LogP contribution in [0.4, 0.5) is 0 Å². The summed E-state index contributed by atoms with van der Waals surface area (Å²) < 4.78 is 1.13. The fourth-order valence-corrected chi connectivity index (χ4v) is 1.79. The minimum Gasteiger partial charge on any atom is -0.309 e. The topological polar surface area (TPSA) is 12.0 Å². The number of nitrogens with one attached hydrogen (secondary N) is 1. The lowest BCUT2D eigenvalue weighted by molar-refractivity contribution is 0.584. The summed E-state index contributed by atoms with van der Waals surface area (Å²) >= 11 is 3.47. The Bertz CT molecular complexity index is 362. The van der Waals surface area contributed by atoms with Gasteiger partial charge >= 0.3 is 0 Å². The first-order valence-corrected chi connectivity index (χ1v) is 5.92. The second kappa shape index (κ2) is 6.66. The Morgan fingerprint density at radius 3 is 2.93 bits per heavy atom. The zero-order valence-electron chi connectivity index (χ0n) is 9.18. The second-order valence-electron chi connectivity index (χ2n) is 3.41. The molecule has 0 aromatic heterocycles. The van der Waals surface area contributed by atoms with E-state index in [0.717, 1.165) is 17.4 Å². The molecule has 80 valence electrons. The zero-order valence-corrected chi connectivity index (χ0v) is 10.8. The molecule has 0 amide bonds. The van der Waals surface area contributed by atoms with Gasteiger partial charge in [0.15, 0.2) is 0 Å². The highest BCUT2D eigenvalue weighted by molar-refractivity contribution is 9.10. The molecule has 0 aliphatic heterocycles. The second-order valence-corrected chi connectivity index (χ2v) is 4.32. The van der Waals surface area contributed by atoms with Crippen molar-refractivity contribution in [1.82, 2.24) is 5.32 Å². The van der Waals surface area contributed by atoms with Crippen molar-refractivity contribution in [3.05, 3.63) is 34.3 Å². The fraction of sp³-hybridized carbons (Fsp3) is 0.385. The van der Waals surface area contributed by atoms with Gasteiger partial charge in [-0.2, -0.15) is 0 Å². The molecule has 1 aromatic carbocycles. The first-order valence-electron chi connectivity index (χ1n) is 5.12. The van der Waals surface area contributed by atoms with Crippen molar-refractivity contribution in [3.63, 3.8) is 0 Å². The smallest absolute Gasteiger partial charge is 0.0292 e. The summed E-state index contributed by atoms with van der Waals surface area (Å²) in [5.74, 6) is 5.94. The van der Waals surface area contributed by atoms with Crippen molar-refractivity contribution in [2.75, 3.05) is 6.54 Å². The predicted molar refractivity (Wildman–Crippen MR) is 68.6 cm³/mol. The van der Waals surface area contributed by atoms with Gasteiger partial charge in [0.1, 0.15) is 0 Å². The molecule has 15 heavy (non-hydrogen) atoms. The van der Waals surface area contributed by atoms with Gasteiger partial charge in [-0.05, 0) is 31.5 Å². The van der Waals surface area contributed by atoms with Gasteiger partial charge in [0.25, 0.3) is 0 Å². The summed E-state index contributed by atoms with van der Waals surface area (Å²) in [6.45, 7) is 4.98. The van der Waals surface area contributed by atoms with E-state index < -0.39 is 0 Å². The molecule has 1 rings (SSSR count). The highest BCUT2D eigenvalue weighted by Crippen LogP contribution is 2.17. The average molecular weight is 266 g/mol. The highest BCUT2D eigenvalue weighted by Gasteiger charge is 2.03. The van der Waals surface area contributed by atoms with Gasteiger partial charge in [0, 0.05) is 23.5 Å². The van der Waals surface area contributed by atoms with Gasteiger partial charge in [-0.25, -0.2) is 0 Å². The Labute approximate surface area is 100 Å². The van der Waals surface area contributed by atoms with Gasteiger partial charge < -0.3 is 5.32 Å². The highest BCUT2D eigenvalue weighted by atomic mass is 79.9. The maximum absolute atomic E-state index is 3.47. The van der Waals surface area contributed by atoms with E-state index in [4.69, 9.17) is 0 Å². The van der Waals surface area contributed by atoms with Crippen LogP contribution in [0.5, 0.6) is 0 Å². The van der Waals surface area contributed by atoms with E-state index in [1.54, 1.807) is 0 Å². The minimum absolute atomic E-state index is 0.376. The molecule has 0 fully saturated rings. The van der Waals surface area contributed by atoms with E-state index in [0.29, 0.717) is 6.04 Å². The number of hydrogen-bond acceptors (Lipinski definition) is 1. The molecule has 0 bridgehead atoms. The molecule has 0 spiro atoms. The summed E-state index contributed by atoms with van der Waals surface area (Å²) in [7, 11) is 0.